The minimum Gasteiger partial charge on any atom is -0.495 e. The van der Waals surface area contributed by atoms with Crippen molar-refractivity contribution in [2.75, 3.05) is 20.0 Å². The van der Waals surface area contributed by atoms with Crippen molar-refractivity contribution in [2.45, 2.75) is 6.92 Å². The first-order valence-electron chi connectivity index (χ1n) is 5.72. The maximum absolute atomic E-state index is 6.24. The third kappa shape index (κ3) is 2.31. The molecular formula is C14H15ClN2O2. The van der Waals surface area contributed by atoms with Gasteiger partial charge in [0.15, 0.2) is 5.75 Å². The number of aromatic nitrogens is 1. The van der Waals surface area contributed by atoms with Gasteiger partial charge in [0, 0.05) is 11.8 Å². The molecule has 0 bridgehead atoms. The van der Waals surface area contributed by atoms with Crippen LogP contribution in [0.15, 0.2) is 24.4 Å². The van der Waals surface area contributed by atoms with Gasteiger partial charge in [-0.05, 0) is 30.7 Å². The predicted molar refractivity (Wildman–Crippen MR) is 76.9 cm³/mol. The highest BCUT2D eigenvalue weighted by molar-refractivity contribution is 6.34. The number of nitrogens with two attached hydrogens (primary N) is 1. The summed E-state index contributed by atoms with van der Waals surface area (Å²) < 4.78 is 10.5. The van der Waals surface area contributed by atoms with Crippen LogP contribution in [0.2, 0.25) is 5.02 Å². The van der Waals surface area contributed by atoms with E-state index < -0.39 is 0 Å². The first kappa shape index (κ1) is 13.5. The topological polar surface area (TPSA) is 57.4 Å². The maximum Gasteiger partial charge on any atom is 0.150 e. The van der Waals surface area contributed by atoms with Gasteiger partial charge >= 0.3 is 0 Å². The Kier molecular flexibility index (Phi) is 3.81. The van der Waals surface area contributed by atoms with Crippen molar-refractivity contribution < 1.29 is 9.47 Å². The van der Waals surface area contributed by atoms with E-state index >= 15 is 0 Å². The van der Waals surface area contributed by atoms with Gasteiger partial charge in [0.05, 0.1) is 25.6 Å². The monoisotopic (exact) mass is 278 g/mol. The van der Waals surface area contributed by atoms with E-state index in [4.69, 9.17) is 26.8 Å². The lowest BCUT2D eigenvalue weighted by Gasteiger charge is -2.14. The Morgan fingerprint density at radius 3 is 2.53 bits per heavy atom. The van der Waals surface area contributed by atoms with Crippen molar-refractivity contribution >= 4 is 17.3 Å². The van der Waals surface area contributed by atoms with Crippen molar-refractivity contribution in [3.8, 4) is 22.8 Å². The predicted octanol–water partition coefficient (Wildman–Crippen LogP) is 3.31. The van der Waals surface area contributed by atoms with Gasteiger partial charge < -0.3 is 15.2 Å². The van der Waals surface area contributed by atoms with Gasteiger partial charge in [-0.15, -0.1) is 0 Å². The summed E-state index contributed by atoms with van der Waals surface area (Å²) in [7, 11) is 3.11. The second-order valence-corrected chi connectivity index (χ2v) is 4.43. The van der Waals surface area contributed by atoms with E-state index in [1.165, 1.54) is 0 Å². The van der Waals surface area contributed by atoms with E-state index in [1.54, 1.807) is 26.5 Å². The first-order chi connectivity index (χ1) is 9.10. The van der Waals surface area contributed by atoms with Gasteiger partial charge in [-0.1, -0.05) is 11.6 Å². The fourth-order valence-electron chi connectivity index (χ4n) is 1.87. The lowest BCUT2D eigenvalue weighted by molar-refractivity contribution is 0.396. The molecule has 1 aromatic heterocycles. The van der Waals surface area contributed by atoms with E-state index in [-0.39, 0.29) is 0 Å². The number of hydrogen-bond acceptors (Lipinski definition) is 4. The third-order valence-corrected chi connectivity index (χ3v) is 3.31. The summed E-state index contributed by atoms with van der Waals surface area (Å²) in [6.45, 7) is 1.93. The number of hydrogen-bond donors (Lipinski definition) is 1. The smallest absolute Gasteiger partial charge is 0.150 e. The van der Waals surface area contributed by atoms with Crippen LogP contribution in [-0.2, 0) is 0 Å². The van der Waals surface area contributed by atoms with Gasteiger partial charge in [0.25, 0.3) is 0 Å². The molecule has 100 valence electrons. The van der Waals surface area contributed by atoms with Crippen molar-refractivity contribution in [3.63, 3.8) is 0 Å². The minimum absolute atomic E-state index is 0.408. The molecule has 0 amide bonds. The van der Waals surface area contributed by atoms with Crippen LogP contribution in [-0.4, -0.2) is 19.2 Å². The Labute approximate surface area is 117 Å². The van der Waals surface area contributed by atoms with Gasteiger partial charge in [0.2, 0.25) is 0 Å². The lowest BCUT2D eigenvalue weighted by atomic mass is 10.1. The zero-order chi connectivity index (χ0) is 14.0. The molecule has 0 aliphatic heterocycles. The molecule has 2 N–H and O–H groups in total. The van der Waals surface area contributed by atoms with E-state index in [1.807, 2.05) is 19.1 Å². The van der Waals surface area contributed by atoms with E-state index in [2.05, 4.69) is 4.98 Å². The van der Waals surface area contributed by atoms with E-state index in [9.17, 15) is 0 Å². The molecule has 0 saturated carbocycles. The van der Waals surface area contributed by atoms with Crippen LogP contribution in [0.5, 0.6) is 11.5 Å². The molecule has 4 nitrogen and oxygen atoms in total. The molecule has 2 rings (SSSR count). The highest BCUT2D eigenvalue weighted by Crippen LogP contribution is 2.42. The zero-order valence-electron chi connectivity index (χ0n) is 11.0. The highest BCUT2D eigenvalue weighted by Gasteiger charge is 2.17. The quantitative estimate of drug-likeness (QED) is 0.936. The summed E-state index contributed by atoms with van der Waals surface area (Å²) in [5, 5.41) is 0.408. The number of halogens is 1. The Morgan fingerprint density at radius 1 is 1.16 bits per heavy atom. The van der Waals surface area contributed by atoms with Gasteiger partial charge in [-0.25, -0.2) is 0 Å². The van der Waals surface area contributed by atoms with Crippen LogP contribution in [0.1, 0.15) is 5.56 Å². The summed E-state index contributed by atoms with van der Waals surface area (Å²) in [5.74, 6) is 1.05. The largest absolute Gasteiger partial charge is 0.495 e. The van der Waals surface area contributed by atoms with Crippen LogP contribution in [0.3, 0.4) is 0 Å². The Morgan fingerprint density at radius 2 is 1.89 bits per heavy atom. The summed E-state index contributed by atoms with van der Waals surface area (Å²) >= 11 is 6.24. The molecule has 0 atom stereocenters. The average molecular weight is 279 g/mol. The lowest BCUT2D eigenvalue weighted by Crippen LogP contribution is -1.99. The molecule has 19 heavy (non-hydrogen) atoms. The normalized spacial score (nSPS) is 10.3. The van der Waals surface area contributed by atoms with E-state index in [0.29, 0.717) is 27.9 Å². The SMILES string of the molecule is COc1ccc(-c2nccc(C)c2N)c(OC)c1Cl. The van der Waals surface area contributed by atoms with Gasteiger partial charge in [-0.2, -0.15) is 0 Å². The highest BCUT2D eigenvalue weighted by atomic mass is 35.5. The summed E-state index contributed by atoms with van der Waals surface area (Å²) in [6.07, 6.45) is 1.71. The summed E-state index contributed by atoms with van der Waals surface area (Å²) in [6, 6.07) is 5.46. The summed E-state index contributed by atoms with van der Waals surface area (Å²) in [4.78, 5) is 4.31. The molecule has 0 unspecified atom stereocenters. The van der Waals surface area contributed by atoms with Gasteiger partial charge in [-0.3, -0.25) is 4.98 Å². The fourth-order valence-corrected chi connectivity index (χ4v) is 2.19. The number of benzene rings is 1. The maximum atomic E-state index is 6.24. The summed E-state index contributed by atoms with van der Waals surface area (Å²) in [5.41, 5.74) is 9.04. The number of nitrogens with zero attached hydrogens (tertiary/aromatic N) is 1. The van der Waals surface area contributed by atoms with Crippen molar-refractivity contribution in [2.24, 2.45) is 0 Å². The number of pyridine rings is 1. The molecule has 0 aliphatic rings. The molecule has 1 aromatic carbocycles. The van der Waals surface area contributed by atoms with Crippen molar-refractivity contribution in [3.05, 3.63) is 35.0 Å². The zero-order valence-corrected chi connectivity index (χ0v) is 11.8. The van der Waals surface area contributed by atoms with Crippen LogP contribution in [0.25, 0.3) is 11.3 Å². The number of ether oxygens (including phenoxy) is 2. The fraction of sp³-hybridized carbons (Fsp3) is 0.214. The van der Waals surface area contributed by atoms with Crippen LogP contribution >= 0.6 is 11.6 Å². The van der Waals surface area contributed by atoms with E-state index in [0.717, 1.165) is 11.1 Å². The van der Waals surface area contributed by atoms with Crippen LogP contribution in [0.4, 0.5) is 5.69 Å². The van der Waals surface area contributed by atoms with Crippen molar-refractivity contribution in [1.29, 1.82) is 0 Å². The molecule has 1 heterocycles. The number of aryl methyl sites for hydroxylation is 1. The third-order valence-electron chi connectivity index (χ3n) is 2.95. The Bertz CT molecular complexity index is 615. The number of anilines is 1. The molecule has 0 fully saturated rings. The minimum atomic E-state index is 0.408. The molecule has 0 radical (unpaired) electrons. The molecule has 0 saturated heterocycles. The molecule has 2 aromatic rings. The molecular weight excluding hydrogens is 264 g/mol. The molecule has 0 spiro atoms. The Hall–Kier alpha value is -1.94. The van der Waals surface area contributed by atoms with Crippen molar-refractivity contribution in [1.82, 2.24) is 4.98 Å². The molecule has 0 aliphatic carbocycles. The van der Waals surface area contributed by atoms with Crippen LogP contribution in [0, 0.1) is 6.92 Å². The number of methoxy groups -OCH3 is 2. The average Bonchev–Trinajstić information content (AvgIpc) is 2.41. The number of nitrogen functional groups attached to an aromatic ring is 1. The first-order valence-corrected chi connectivity index (χ1v) is 6.09. The Balaban J connectivity index is 2.69. The molecule has 5 heteroatoms. The van der Waals surface area contributed by atoms with Gasteiger partial charge in [0.1, 0.15) is 10.8 Å². The second-order valence-electron chi connectivity index (χ2n) is 4.05. The number of rotatable bonds is 3. The second kappa shape index (κ2) is 5.36. The van der Waals surface area contributed by atoms with Crippen LogP contribution < -0.4 is 15.2 Å². The standard InChI is InChI=1S/C14H15ClN2O2/c1-8-6-7-17-13(12(8)16)9-4-5-10(18-2)11(15)14(9)19-3/h4-7H,16H2,1-3H3.